The van der Waals surface area contributed by atoms with E-state index >= 15 is 0 Å². The number of piperazine rings is 1. The van der Waals surface area contributed by atoms with Gasteiger partial charge in [-0.05, 0) is 24.5 Å². The molecule has 3 heterocycles. The van der Waals surface area contributed by atoms with Crippen LogP contribution >= 0.6 is 0 Å². The van der Waals surface area contributed by atoms with Crippen LogP contribution in [0.2, 0.25) is 0 Å². The summed E-state index contributed by atoms with van der Waals surface area (Å²) in [4.78, 5) is 18.9. The highest BCUT2D eigenvalue weighted by atomic mass is 16.2. The van der Waals surface area contributed by atoms with Crippen molar-refractivity contribution in [2.45, 2.75) is 32.9 Å². The van der Waals surface area contributed by atoms with E-state index in [1.165, 1.54) is 0 Å². The minimum atomic E-state index is -0.0342. The smallest absolute Gasteiger partial charge is 0.237 e. The van der Waals surface area contributed by atoms with Gasteiger partial charge in [0.05, 0.1) is 17.9 Å². The molecule has 5 heteroatoms. The summed E-state index contributed by atoms with van der Waals surface area (Å²) in [6.07, 6.45) is 4.83. The molecule has 1 fully saturated rings. The van der Waals surface area contributed by atoms with Gasteiger partial charge in [0, 0.05) is 25.8 Å². The highest BCUT2D eigenvalue weighted by Crippen LogP contribution is 2.18. The molecule has 1 unspecified atom stereocenters. The van der Waals surface area contributed by atoms with Gasteiger partial charge in [0.1, 0.15) is 5.65 Å². The third-order valence-corrected chi connectivity index (χ3v) is 4.00. The van der Waals surface area contributed by atoms with Crippen LogP contribution in [0.5, 0.6) is 0 Å². The predicted molar refractivity (Wildman–Crippen MR) is 81.9 cm³/mol. The van der Waals surface area contributed by atoms with Crippen molar-refractivity contribution in [2.75, 3.05) is 13.1 Å². The van der Waals surface area contributed by atoms with E-state index in [9.17, 15) is 4.79 Å². The fourth-order valence-electron chi connectivity index (χ4n) is 2.96. The lowest BCUT2D eigenvalue weighted by atomic mass is 10.00. The maximum Gasteiger partial charge on any atom is 0.237 e. The summed E-state index contributed by atoms with van der Waals surface area (Å²) in [5.41, 5.74) is 2.09. The molecule has 21 heavy (non-hydrogen) atoms. The van der Waals surface area contributed by atoms with Crippen molar-refractivity contribution in [1.29, 1.82) is 0 Å². The fourth-order valence-corrected chi connectivity index (χ4v) is 2.96. The van der Waals surface area contributed by atoms with Crippen molar-refractivity contribution >= 4 is 11.6 Å². The number of carbonyl (C=O) groups excluding carboxylic acids is 1. The first-order valence-electron chi connectivity index (χ1n) is 7.58. The molecule has 0 radical (unpaired) electrons. The summed E-state index contributed by atoms with van der Waals surface area (Å²) in [6.45, 7) is 6.70. The van der Waals surface area contributed by atoms with E-state index < -0.39 is 0 Å². The Bertz CT molecular complexity index is 634. The highest BCUT2D eigenvalue weighted by molar-refractivity contribution is 5.82. The van der Waals surface area contributed by atoms with Gasteiger partial charge in [0.15, 0.2) is 0 Å². The number of hydrogen-bond donors (Lipinski definition) is 1. The average Bonchev–Trinajstić information content (AvgIpc) is 2.86. The predicted octanol–water partition coefficient (Wildman–Crippen LogP) is 1.68. The number of fused-ring (bicyclic) bond motifs is 1. The Kier molecular flexibility index (Phi) is 3.92. The summed E-state index contributed by atoms with van der Waals surface area (Å²) in [6, 6.07) is 5.96. The van der Waals surface area contributed by atoms with Crippen molar-refractivity contribution < 1.29 is 4.79 Å². The molecule has 0 spiro atoms. The Morgan fingerprint density at radius 1 is 1.43 bits per heavy atom. The van der Waals surface area contributed by atoms with E-state index in [1.54, 1.807) is 0 Å². The Balaban J connectivity index is 1.82. The van der Waals surface area contributed by atoms with E-state index in [4.69, 9.17) is 0 Å². The van der Waals surface area contributed by atoms with Crippen molar-refractivity contribution in [1.82, 2.24) is 19.6 Å². The summed E-state index contributed by atoms with van der Waals surface area (Å²) in [5, 5.41) is 2.98. The Hall–Kier alpha value is -1.88. The largest absolute Gasteiger partial charge is 0.353 e. The van der Waals surface area contributed by atoms with E-state index in [2.05, 4.69) is 33.4 Å². The topological polar surface area (TPSA) is 49.6 Å². The molecule has 0 bridgehead atoms. The van der Waals surface area contributed by atoms with Crippen molar-refractivity contribution in [3.05, 3.63) is 36.3 Å². The first-order chi connectivity index (χ1) is 10.1. The molecular weight excluding hydrogens is 264 g/mol. The molecule has 1 amide bonds. The standard InChI is InChI=1S/C16H22N4O/c1-12(2)9-14-16(21)17-6-8-19(14)11-13-10-18-15-5-3-4-7-20(13)15/h3-5,7,10,12,14H,6,8-9,11H2,1-2H3,(H,17,21). The number of imidazole rings is 1. The molecule has 1 atom stereocenters. The van der Waals surface area contributed by atoms with Crippen LogP contribution in [0.3, 0.4) is 0 Å². The second-order valence-corrected chi connectivity index (χ2v) is 6.09. The number of nitrogens with zero attached hydrogens (tertiary/aromatic N) is 3. The van der Waals surface area contributed by atoms with Crippen molar-refractivity contribution in [3.63, 3.8) is 0 Å². The van der Waals surface area contributed by atoms with Gasteiger partial charge >= 0.3 is 0 Å². The quantitative estimate of drug-likeness (QED) is 0.930. The molecule has 1 N–H and O–H groups in total. The molecule has 1 aliphatic rings. The van der Waals surface area contributed by atoms with Crippen LogP contribution in [0.4, 0.5) is 0 Å². The Morgan fingerprint density at radius 3 is 3.10 bits per heavy atom. The molecule has 2 aromatic rings. The third-order valence-electron chi connectivity index (χ3n) is 4.00. The lowest BCUT2D eigenvalue weighted by Gasteiger charge is -2.35. The van der Waals surface area contributed by atoms with Gasteiger partial charge in [-0.1, -0.05) is 19.9 Å². The zero-order valence-electron chi connectivity index (χ0n) is 12.6. The van der Waals surface area contributed by atoms with Gasteiger partial charge < -0.3 is 9.72 Å². The van der Waals surface area contributed by atoms with Gasteiger partial charge in [0.2, 0.25) is 5.91 Å². The van der Waals surface area contributed by atoms with E-state index in [0.717, 1.165) is 37.4 Å². The average molecular weight is 286 g/mol. The first kappa shape index (κ1) is 14.1. The zero-order valence-corrected chi connectivity index (χ0v) is 12.6. The Labute approximate surface area is 125 Å². The molecule has 0 aliphatic carbocycles. The summed E-state index contributed by atoms with van der Waals surface area (Å²) < 4.78 is 2.10. The van der Waals surface area contributed by atoms with Crippen LogP contribution < -0.4 is 5.32 Å². The summed E-state index contributed by atoms with van der Waals surface area (Å²) >= 11 is 0. The van der Waals surface area contributed by atoms with Crippen molar-refractivity contribution in [2.24, 2.45) is 5.92 Å². The monoisotopic (exact) mass is 286 g/mol. The van der Waals surface area contributed by atoms with E-state index in [1.807, 2.05) is 30.6 Å². The molecule has 2 aromatic heterocycles. The molecule has 3 rings (SSSR count). The summed E-state index contributed by atoms with van der Waals surface area (Å²) in [5.74, 6) is 0.660. The van der Waals surface area contributed by atoms with Crippen LogP contribution in [0, 0.1) is 5.92 Å². The normalized spacial score (nSPS) is 20.1. The van der Waals surface area contributed by atoms with Gasteiger partial charge in [-0.3, -0.25) is 9.69 Å². The summed E-state index contributed by atoms with van der Waals surface area (Å²) in [7, 11) is 0. The van der Waals surface area contributed by atoms with Crippen LogP contribution in [0.25, 0.3) is 5.65 Å². The second kappa shape index (κ2) is 5.85. The molecule has 1 aliphatic heterocycles. The first-order valence-corrected chi connectivity index (χ1v) is 7.58. The Morgan fingerprint density at radius 2 is 2.29 bits per heavy atom. The van der Waals surface area contributed by atoms with Gasteiger partial charge in [-0.25, -0.2) is 4.98 Å². The number of amides is 1. The molecule has 1 saturated heterocycles. The van der Waals surface area contributed by atoms with Crippen molar-refractivity contribution in [3.8, 4) is 0 Å². The number of carbonyl (C=O) groups is 1. The molecule has 0 aromatic carbocycles. The van der Waals surface area contributed by atoms with Crippen LogP contribution in [0.1, 0.15) is 26.0 Å². The van der Waals surface area contributed by atoms with Gasteiger partial charge in [-0.2, -0.15) is 0 Å². The van der Waals surface area contributed by atoms with Gasteiger partial charge in [0.25, 0.3) is 0 Å². The molecule has 0 saturated carbocycles. The number of rotatable bonds is 4. The number of hydrogen-bond acceptors (Lipinski definition) is 3. The lowest BCUT2D eigenvalue weighted by molar-refractivity contribution is -0.130. The minimum absolute atomic E-state index is 0.0342. The van der Waals surface area contributed by atoms with E-state index in [-0.39, 0.29) is 11.9 Å². The lowest BCUT2D eigenvalue weighted by Crippen LogP contribution is -2.55. The van der Waals surface area contributed by atoms with Crippen LogP contribution in [-0.4, -0.2) is 39.3 Å². The number of nitrogens with one attached hydrogen (secondary N) is 1. The second-order valence-electron chi connectivity index (χ2n) is 6.09. The third kappa shape index (κ3) is 2.93. The maximum absolute atomic E-state index is 12.2. The molecular formula is C16H22N4O. The van der Waals surface area contributed by atoms with Crippen LogP contribution in [-0.2, 0) is 11.3 Å². The number of pyridine rings is 1. The zero-order chi connectivity index (χ0) is 14.8. The molecule has 5 nitrogen and oxygen atoms in total. The van der Waals surface area contributed by atoms with Crippen LogP contribution in [0.15, 0.2) is 30.6 Å². The fraction of sp³-hybridized carbons (Fsp3) is 0.500. The SMILES string of the molecule is CC(C)CC1C(=O)NCCN1Cc1cnc2ccccn12. The van der Waals surface area contributed by atoms with E-state index in [0.29, 0.717) is 5.92 Å². The minimum Gasteiger partial charge on any atom is -0.353 e. The molecule has 112 valence electrons. The number of aromatic nitrogens is 2. The highest BCUT2D eigenvalue weighted by Gasteiger charge is 2.30. The maximum atomic E-state index is 12.2. The van der Waals surface area contributed by atoms with Gasteiger partial charge in [-0.15, -0.1) is 0 Å².